The molecular weight excluding hydrogens is 230 g/mol. The molecule has 0 heterocycles. The molecule has 0 radical (unpaired) electrons. The second kappa shape index (κ2) is 6.57. The van der Waals surface area contributed by atoms with Crippen molar-refractivity contribution < 1.29 is 14.7 Å². The molecule has 0 aromatic rings. The van der Waals surface area contributed by atoms with Crippen molar-refractivity contribution in [2.24, 2.45) is 11.8 Å². The summed E-state index contributed by atoms with van der Waals surface area (Å²) in [5.74, 6) is -0.218. The number of hydrogen-bond acceptors (Lipinski definition) is 3. The van der Waals surface area contributed by atoms with Crippen molar-refractivity contribution in [3.8, 4) is 0 Å². The average Bonchev–Trinajstić information content (AvgIpc) is 2.28. The number of rotatable bonds is 5. The molecule has 1 unspecified atom stereocenters. The minimum atomic E-state index is -0.423. The Kier molecular flexibility index (Phi) is 5.38. The first kappa shape index (κ1) is 14.7. The third-order valence-electron chi connectivity index (χ3n) is 3.46. The Balaban J connectivity index is 2.72. The topological polar surface area (TPSA) is 66.4 Å². The van der Waals surface area contributed by atoms with E-state index < -0.39 is 5.91 Å². The van der Waals surface area contributed by atoms with Gasteiger partial charge in [-0.3, -0.25) is 9.59 Å². The molecule has 1 amide bonds. The van der Waals surface area contributed by atoms with Gasteiger partial charge in [-0.1, -0.05) is 27.2 Å². The Morgan fingerprint density at radius 3 is 2.61 bits per heavy atom. The van der Waals surface area contributed by atoms with Gasteiger partial charge in [0, 0.05) is 19.4 Å². The van der Waals surface area contributed by atoms with Crippen molar-refractivity contribution in [1.82, 2.24) is 5.32 Å². The Hall–Kier alpha value is -1.32. The first-order valence-corrected chi connectivity index (χ1v) is 6.70. The number of carbonyl (C=O) groups excluding carboxylic acids is 2. The molecule has 4 heteroatoms. The monoisotopic (exact) mass is 253 g/mol. The fraction of sp³-hybridized carbons (Fsp3) is 0.714. The molecule has 1 aliphatic carbocycles. The fourth-order valence-electron chi connectivity index (χ4n) is 2.12. The minimum Gasteiger partial charge on any atom is -0.511 e. The second-order valence-electron chi connectivity index (χ2n) is 5.27. The average molecular weight is 253 g/mol. The zero-order valence-electron chi connectivity index (χ0n) is 11.5. The quantitative estimate of drug-likeness (QED) is 0.584. The molecule has 0 fully saturated rings. The molecule has 1 aliphatic rings. The summed E-state index contributed by atoms with van der Waals surface area (Å²) in [7, 11) is 0. The Bertz CT molecular complexity index is 358. The normalized spacial score (nSPS) is 20.4. The molecule has 0 saturated carbocycles. The van der Waals surface area contributed by atoms with Crippen LogP contribution in [0.4, 0.5) is 0 Å². The van der Waals surface area contributed by atoms with Gasteiger partial charge in [-0.15, -0.1) is 0 Å². The molecule has 4 nitrogen and oxygen atoms in total. The molecular formula is C14H23NO3. The van der Waals surface area contributed by atoms with Crippen LogP contribution in [0.2, 0.25) is 0 Å². The van der Waals surface area contributed by atoms with Gasteiger partial charge in [0.25, 0.3) is 5.91 Å². The summed E-state index contributed by atoms with van der Waals surface area (Å²) >= 11 is 0. The van der Waals surface area contributed by atoms with E-state index in [-0.39, 0.29) is 23.0 Å². The highest BCUT2D eigenvalue weighted by Crippen LogP contribution is 2.30. The van der Waals surface area contributed by atoms with Gasteiger partial charge in [0.1, 0.15) is 11.3 Å². The van der Waals surface area contributed by atoms with Gasteiger partial charge in [0.2, 0.25) is 0 Å². The van der Waals surface area contributed by atoms with Crippen LogP contribution in [0.3, 0.4) is 0 Å². The zero-order valence-corrected chi connectivity index (χ0v) is 11.5. The number of amides is 1. The highest BCUT2D eigenvalue weighted by atomic mass is 16.3. The Morgan fingerprint density at radius 1 is 1.44 bits per heavy atom. The van der Waals surface area contributed by atoms with Crippen LogP contribution in [0.25, 0.3) is 0 Å². The van der Waals surface area contributed by atoms with E-state index in [1.165, 1.54) is 0 Å². The molecule has 0 aliphatic heterocycles. The number of aliphatic hydroxyl groups excluding tert-OH is 1. The van der Waals surface area contributed by atoms with Crippen LogP contribution in [0, 0.1) is 11.8 Å². The maximum atomic E-state index is 11.9. The van der Waals surface area contributed by atoms with Gasteiger partial charge in [0.15, 0.2) is 5.78 Å². The molecule has 0 saturated heterocycles. The number of allylic oxidation sites excluding steroid dienone is 1. The Morgan fingerprint density at radius 2 is 2.11 bits per heavy atom. The third-order valence-corrected chi connectivity index (χ3v) is 3.46. The van der Waals surface area contributed by atoms with Gasteiger partial charge in [-0.2, -0.15) is 0 Å². The summed E-state index contributed by atoms with van der Waals surface area (Å²) in [5, 5.41) is 12.6. The number of aliphatic hydroxyl groups is 1. The summed E-state index contributed by atoms with van der Waals surface area (Å²) in [6.45, 7) is 6.63. The van der Waals surface area contributed by atoms with Crippen LogP contribution in [-0.2, 0) is 9.59 Å². The number of carbonyl (C=O) groups is 2. The Labute approximate surface area is 108 Å². The highest BCUT2D eigenvalue weighted by Gasteiger charge is 2.32. The van der Waals surface area contributed by atoms with E-state index in [9.17, 15) is 14.7 Å². The van der Waals surface area contributed by atoms with Gasteiger partial charge in [-0.25, -0.2) is 0 Å². The fourth-order valence-corrected chi connectivity index (χ4v) is 2.12. The van der Waals surface area contributed by atoms with Gasteiger partial charge in [-0.05, 0) is 18.3 Å². The maximum absolute atomic E-state index is 11.9. The number of unbranched alkanes of at least 4 members (excludes halogenated alkanes) is 1. The molecule has 0 bridgehead atoms. The van der Waals surface area contributed by atoms with Crippen molar-refractivity contribution in [3.63, 3.8) is 0 Å². The van der Waals surface area contributed by atoms with Crippen LogP contribution >= 0.6 is 0 Å². The first-order chi connectivity index (χ1) is 8.47. The van der Waals surface area contributed by atoms with Crippen molar-refractivity contribution in [1.29, 1.82) is 0 Å². The van der Waals surface area contributed by atoms with E-state index in [2.05, 4.69) is 5.32 Å². The van der Waals surface area contributed by atoms with Crippen molar-refractivity contribution in [2.45, 2.75) is 46.5 Å². The van der Waals surface area contributed by atoms with Crippen molar-refractivity contribution >= 4 is 11.7 Å². The van der Waals surface area contributed by atoms with E-state index in [0.717, 1.165) is 12.8 Å². The van der Waals surface area contributed by atoms with Gasteiger partial charge in [0.05, 0.1) is 0 Å². The molecule has 2 N–H and O–H groups in total. The van der Waals surface area contributed by atoms with Crippen LogP contribution in [0.5, 0.6) is 0 Å². The molecule has 18 heavy (non-hydrogen) atoms. The summed E-state index contributed by atoms with van der Waals surface area (Å²) in [6.07, 6.45) is 2.65. The van der Waals surface area contributed by atoms with E-state index in [4.69, 9.17) is 0 Å². The number of ketones is 1. The van der Waals surface area contributed by atoms with Gasteiger partial charge < -0.3 is 10.4 Å². The van der Waals surface area contributed by atoms with Crippen LogP contribution < -0.4 is 5.32 Å². The molecule has 0 aromatic carbocycles. The summed E-state index contributed by atoms with van der Waals surface area (Å²) < 4.78 is 0. The van der Waals surface area contributed by atoms with E-state index >= 15 is 0 Å². The van der Waals surface area contributed by atoms with E-state index in [1.807, 2.05) is 20.8 Å². The standard InChI is InChI=1S/C14H23NO3/c1-4-5-6-15-14(18)13-11(16)7-10(9(2)3)8-12(13)17/h9-10,16H,4-8H2,1-3H3,(H,15,18). The number of Topliss-reactive ketones (excluding diaryl/α,β-unsaturated/α-hetero) is 1. The maximum Gasteiger partial charge on any atom is 0.258 e. The largest absolute Gasteiger partial charge is 0.511 e. The predicted molar refractivity (Wildman–Crippen MR) is 70.1 cm³/mol. The lowest BCUT2D eigenvalue weighted by Gasteiger charge is -2.25. The van der Waals surface area contributed by atoms with Crippen LogP contribution in [0.15, 0.2) is 11.3 Å². The smallest absolute Gasteiger partial charge is 0.258 e. The van der Waals surface area contributed by atoms with Gasteiger partial charge >= 0.3 is 0 Å². The molecule has 1 atom stereocenters. The predicted octanol–water partition coefficient (Wildman–Crippen LogP) is 2.35. The zero-order chi connectivity index (χ0) is 13.7. The summed E-state index contributed by atoms with van der Waals surface area (Å²) in [4.78, 5) is 23.7. The lowest BCUT2D eigenvalue weighted by molar-refractivity contribution is -0.124. The van der Waals surface area contributed by atoms with Crippen LogP contribution in [0.1, 0.15) is 46.5 Å². The SMILES string of the molecule is CCCCNC(=O)C1=C(O)CC(C(C)C)CC1=O. The highest BCUT2D eigenvalue weighted by molar-refractivity contribution is 6.20. The summed E-state index contributed by atoms with van der Waals surface area (Å²) in [5.41, 5.74) is -0.0250. The third kappa shape index (κ3) is 3.59. The lowest BCUT2D eigenvalue weighted by Crippen LogP contribution is -2.34. The molecule has 0 spiro atoms. The van der Waals surface area contributed by atoms with Crippen LogP contribution in [-0.4, -0.2) is 23.3 Å². The summed E-state index contributed by atoms with van der Waals surface area (Å²) in [6, 6.07) is 0. The van der Waals surface area contributed by atoms with Crippen molar-refractivity contribution in [3.05, 3.63) is 11.3 Å². The number of hydrogen-bond donors (Lipinski definition) is 2. The molecule has 0 aromatic heterocycles. The first-order valence-electron chi connectivity index (χ1n) is 6.70. The van der Waals surface area contributed by atoms with Crippen molar-refractivity contribution in [2.75, 3.05) is 6.54 Å². The van der Waals surface area contributed by atoms with E-state index in [0.29, 0.717) is 25.3 Å². The second-order valence-corrected chi connectivity index (χ2v) is 5.27. The molecule has 1 rings (SSSR count). The number of nitrogens with one attached hydrogen (secondary N) is 1. The van der Waals surface area contributed by atoms with E-state index in [1.54, 1.807) is 0 Å². The lowest BCUT2D eigenvalue weighted by atomic mass is 9.80. The minimum absolute atomic E-state index is 0.0250. The molecule has 102 valence electrons.